The Labute approximate surface area is 261 Å². The molecule has 2 aromatic rings. The molecule has 43 heavy (non-hydrogen) atoms. The standard InChI is InChI=1S/C38H54O4Si/c1-27-25-38(22-17-23-39)31(28(2)32(24-33(38)37(27,9)10)42-34(40)35(3,4)5)26-41-43(36(6,7)8,29-18-13-11-14-19-29)30-20-15-12-16-21-30/h11-16,18-21,23,25,28,31-33H,17,22,24,26H2,1-10H3/t28-,31+,32+,33+,38+/m1/s1. The van der Waals surface area contributed by atoms with Crippen LogP contribution in [0.25, 0.3) is 0 Å². The number of carbonyl (C=O) groups is 2. The number of benzene rings is 2. The van der Waals surface area contributed by atoms with Crippen molar-refractivity contribution in [2.45, 2.75) is 99.6 Å². The molecule has 0 aliphatic heterocycles. The van der Waals surface area contributed by atoms with E-state index in [2.05, 4.69) is 115 Å². The Bertz CT molecular complexity index is 1260. The van der Waals surface area contributed by atoms with E-state index in [4.69, 9.17) is 9.16 Å². The minimum Gasteiger partial charge on any atom is -0.462 e. The van der Waals surface area contributed by atoms with Gasteiger partial charge in [-0.1, -0.05) is 114 Å². The molecule has 4 nitrogen and oxygen atoms in total. The second-order valence-electron chi connectivity index (χ2n) is 15.8. The molecule has 0 bridgehead atoms. The van der Waals surface area contributed by atoms with Crippen molar-refractivity contribution in [2.75, 3.05) is 6.61 Å². The summed E-state index contributed by atoms with van der Waals surface area (Å²) < 4.78 is 14.0. The molecule has 5 heteroatoms. The number of carbonyl (C=O) groups excluding carboxylic acids is 2. The highest BCUT2D eigenvalue weighted by molar-refractivity contribution is 6.99. The number of fused-ring (bicyclic) bond motifs is 1. The van der Waals surface area contributed by atoms with E-state index in [1.54, 1.807) is 0 Å². The molecule has 0 aromatic heterocycles. The summed E-state index contributed by atoms with van der Waals surface area (Å²) in [6, 6.07) is 21.5. The third-order valence-electron chi connectivity index (χ3n) is 10.9. The van der Waals surface area contributed by atoms with E-state index in [1.807, 2.05) is 20.8 Å². The van der Waals surface area contributed by atoms with Crippen LogP contribution in [-0.4, -0.2) is 33.3 Å². The highest BCUT2D eigenvalue weighted by atomic mass is 28.4. The maximum atomic E-state index is 13.3. The second-order valence-corrected chi connectivity index (χ2v) is 20.1. The van der Waals surface area contributed by atoms with Gasteiger partial charge in [0.25, 0.3) is 8.32 Å². The smallest absolute Gasteiger partial charge is 0.311 e. The van der Waals surface area contributed by atoms with Crippen molar-refractivity contribution in [2.24, 2.45) is 34.0 Å². The summed E-state index contributed by atoms with van der Waals surface area (Å²) in [6.07, 6.45) is 5.41. The van der Waals surface area contributed by atoms with Gasteiger partial charge in [0.15, 0.2) is 0 Å². The van der Waals surface area contributed by atoms with Crippen molar-refractivity contribution in [3.8, 4) is 0 Å². The van der Waals surface area contributed by atoms with Crippen molar-refractivity contribution in [3.05, 3.63) is 72.3 Å². The van der Waals surface area contributed by atoms with Crippen molar-refractivity contribution in [1.29, 1.82) is 0 Å². The topological polar surface area (TPSA) is 52.6 Å². The van der Waals surface area contributed by atoms with E-state index in [1.165, 1.54) is 15.9 Å². The van der Waals surface area contributed by atoms with E-state index in [9.17, 15) is 9.59 Å². The predicted octanol–water partition coefficient (Wildman–Crippen LogP) is 7.74. The number of hydrogen-bond donors (Lipinski definition) is 0. The summed E-state index contributed by atoms with van der Waals surface area (Å²) in [6.45, 7) is 22.4. The quantitative estimate of drug-likeness (QED) is 0.127. The fourth-order valence-electron chi connectivity index (χ4n) is 8.21. The Hall–Kier alpha value is -2.50. The van der Waals surface area contributed by atoms with Crippen LogP contribution in [0.2, 0.25) is 5.04 Å². The van der Waals surface area contributed by atoms with Gasteiger partial charge in [-0.15, -0.1) is 0 Å². The van der Waals surface area contributed by atoms with Crippen LogP contribution in [0.4, 0.5) is 0 Å². The lowest BCUT2D eigenvalue weighted by atomic mass is 9.52. The average molecular weight is 603 g/mol. The minimum atomic E-state index is -2.81. The van der Waals surface area contributed by atoms with Gasteiger partial charge >= 0.3 is 5.97 Å². The third-order valence-corrected chi connectivity index (χ3v) is 15.9. The number of aldehydes is 1. The fourth-order valence-corrected chi connectivity index (χ4v) is 12.8. The Kier molecular flexibility index (Phi) is 9.41. The first-order chi connectivity index (χ1) is 20.0. The van der Waals surface area contributed by atoms with Gasteiger partial charge in [0.05, 0.1) is 5.41 Å². The molecule has 2 aromatic carbocycles. The van der Waals surface area contributed by atoms with Crippen molar-refractivity contribution >= 4 is 30.9 Å². The molecule has 0 spiro atoms. The van der Waals surface area contributed by atoms with Gasteiger partial charge in [0.2, 0.25) is 0 Å². The Balaban J connectivity index is 1.87. The van der Waals surface area contributed by atoms with Crippen LogP contribution in [0.5, 0.6) is 0 Å². The number of allylic oxidation sites excluding steroid dienone is 2. The summed E-state index contributed by atoms with van der Waals surface area (Å²) in [4.78, 5) is 25.2. The van der Waals surface area contributed by atoms with E-state index in [0.29, 0.717) is 13.0 Å². The van der Waals surface area contributed by atoms with Gasteiger partial charge < -0.3 is 14.0 Å². The minimum absolute atomic E-state index is 0.0605. The molecule has 0 saturated heterocycles. The SMILES string of the molecule is CC1=C[C@@]2(CCC=O)[C@@H](CO[Si](c3ccccc3)(c3ccccc3)C(C)(C)C)[C@@H](C)[C@@H](OC(=O)C(C)(C)C)C[C@H]2C1(C)C. The van der Waals surface area contributed by atoms with Gasteiger partial charge in [0.1, 0.15) is 12.4 Å². The maximum absolute atomic E-state index is 13.3. The first kappa shape index (κ1) is 33.4. The molecule has 2 aliphatic rings. The van der Waals surface area contributed by atoms with E-state index < -0.39 is 13.7 Å². The van der Waals surface area contributed by atoms with E-state index in [0.717, 1.165) is 19.1 Å². The average Bonchev–Trinajstić information content (AvgIpc) is 3.14. The highest BCUT2D eigenvalue weighted by Gasteiger charge is 2.61. The molecule has 4 rings (SSSR count). The summed E-state index contributed by atoms with van der Waals surface area (Å²) >= 11 is 0. The van der Waals surface area contributed by atoms with Crippen LogP contribution in [0, 0.1) is 34.0 Å². The lowest BCUT2D eigenvalue weighted by Crippen LogP contribution is -2.67. The van der Waals surface area contributed by atoms with Crippen LogP contribution >= 0.6 is 0 Å². The second kappa shape index (κ2) is 12.1. The summed E-state index contributed by atoms with van der Waals surface area (Å²) in [5.74, 6) is 0.214. The van der Waals surface area contributed by atoms with Crippen LogP contribution < -0.4 is 10.4 Å². The largest absolute Gasteiger partial charge is 0.462 e. The lowest BCUT2D eigenvalue weighted by Gasteiger charge is -2.55. The van der Waals surface area contributed by atoms with Gasteiger partial charge in [-0.05, 0) is 84.5 Å². The van der Waals surface area contributed by atoms with Gasteiger partial charge in [0, 0.05) is 13.0 Å². The van der Waals surface area contributed by atoms with E-state index in [-0.39, 0.29) is 45.7 Å². The molecule has 0 radical (unpaired) electrons. The molecule has 0 heterocycles. The van der Waals surface area contributed by atoms with Crippen LogP contribution in [0.1, 0.15) is 88.5 Å². The molecule has 5 atom stereocenters. The van der Waals surface area contributed by atoms with Gasteiger partial charge in [-0.2, -0.15) is 0 Å². The number of hydrogen-bond acceptors (Lipinski definition) is 4. The van der Waals surface area contributed by atoms with Gasteiger partial charge in [-0.3, -0.25) is 4.79 Å². The number of esters is 1. The molecule has 1 fully saturated rings. The maximum Gasteiger partial charge on any atom is 0.311 e. The van der Waals surface area contributed by atoms with Crippen LogP contribution in [-0.2, 0) is 18.8 Å². The molecule has 0 N–H and O–H groups in total. The molecule has 0 unspecified atom stereocenters. The van der Waals surface area contributed by atoms with Crippen molar-refractivity contribution in [1.82, 2.24) is 0 Å². The zero-order chi connectivity index (χ0) is 31.8. The zero-order valence-corrected chi connectivity index (χ0v) is 29.2. The Morgan fingerprint density at radius 1 is 0.953 bits per heavy atom. The monoisotopic (exact) mass is 602 g/mol. The zero-order valence-electron chi connectivity index (χ0n) is 28.2. The first-order valence-electron chi connectivity index (χ1n) is 16.1. The summed E-state index contributed by atoms with van der Waals surface area (Å²) in [5, 5.41) is 2.36. The highest BCUT2D eigenvalue weighted by Crippen LogP contribution is 2.65. The lowest BCUT2D eigenvalue weighted by molar-refractivity contribution is -0.175. The number of ether oxygens (including phenoxy) is 1. The van der Waals surface area contributed by atoms with Gasteiger partial charge in [-0.25, -0.2) is 0 Å². The number of rotatable bonds is 9. The molecule has 2 aliphatic carbocycles. The van der Waals surface area contributed by atoms with Crippen LogP contribution in [0.15, 0.2) is 72.3 Å². The molecule has 234 valence electrons. The molecule has 1 saturated carbocycles. The Morgan fingerprint density at radius 3 is 1.95 bits per heavy atom. The van der Waals surface area contributed by atoms with Crippen molar-refractivity contribution < 1.29 is 18.8 Å². The van der Waals surface area contributed by atoms with Crippen molar-refractivity contribution in [3.63, 3.8) is 0 Å². The van der Waals surface area contributed by atoms with E-state index >= 15 is 0 Å². The summed E-state index contributed by atoms with van der Waals surface area (Å²) in [5.41, 5.74) is 0.481. The first-order valence-corrected chi connectivity index (χ1v) is 18.0. The third kappa shape index (κ3) is 5.96. The Morgan fingerprint density at radius 2 is 1.49 bits per heavy atom. The normalized spacial score (nSPS) is 27.3. The molecular weight excluding hydrogens is 549 g/mol. The fraction of sp³-hybridized carbons (Fsp3) is 0.579. The predicted molar refractivity (Wildman–Crippen MR) is 179 cm³/mol. The van der Waals surface area contributed by atoms with Crippen LogP contribution in [0.3, 0.4) is 0 Å². The molecule has 0 amide bonds. The molecular formula is C38H54O4Si. The summed E-state index contributed by atoms with van der Waals surface area (Å²) in [7, 11) is -2.81.